The van der Waals surface area contributed by atoms with Crippen LogP contribution in [0.5, 0.6) is 0 Å². The van der Waals surface area contributed by atoms with Gasteiger partial charge in [0.15, 0.2) is 0 Å². The topological polar surface area (TPSA) is 58.6 Å². The minimum Gasteiger partial charge on any atom is -0.381 e. The number of carbonyl (C=O) groups excluding carboxylic acids is 2. The van der Waals surface area contributed by atoms with E-state index in [0.717, 1.165) is 5.56 Å². The minimum atomic E-state index is -0.681. The van der Waals surface area contributed by atoms with E-state index in [-0.39, 0.29) is 17.5 Å². The van der Waals surface area contributed by atoms with Crippen molar-refractivity contribution < 1.29 is 18.7 Å². The normalized spacial score (nSPS) is 19.1. The van der Waals surface area contributed by atoms with E-state index in [4.69, 9.17) is 16.3 Å². The van der Waals surface area contributed by atoms with Gasteiger partial charge in [-0.05, 0) is 49.4 Å². The highest BCUT2D eigenvalue weighted by atomic mass is 35.5. The van der Waals surface area contributed by atoms with Crippen molar-refractivity contribution in [2.75, 3.05) is 26.3 Å². The van der Waals surface area contributed by atoms with Crippen molar-refractivity contribution in [3.63, 3.8) is 0 Å². The van der Waals surface area contributed by atoms with Gasteiger partial charge >= 0.3 is 0 Å². The Balaban J connectivity index is 1.44. The second kappa shape index (κ2) is 9.37. The summed E-state index contributed by atoms with van der Waals surface area (Å²) in [5.74, 6) is -0.878. The molecule has 2 saturated heterocycles. The number of ether oxygens (including phenoxy) is 1. The van der Waals surface area contributed by atoms with Gasteiger partial charge in [0.05, 0.1) is 11.0 Å². The third-order valence-electron chi connectivity index (χ3n) is 6.38. The summed E-state index contributed by atoms with van der Waals surface area (Å²) in [7, 11) is 0. The molecule has 0 atom stereocenters. The average molecular weight is 445 g/mol. The summed E-state index contributed by atoms with van der Waals surface area (Å²) < 4.78 is 19.4. The number of rotatable bonds is 4. The largest absolute Gasteiger partial charge is 0.381 e. The van der Waals surface area contributed by atoms with Gasteiger partial charge in [-0.2, -0.15) is 0 Å². The summed E-state index contributed by atoms with van der Waals surface area (Å²) >= 11 is 6.49. The third kappa shape index (κ3) is 4.46. The molecule has 7 heteroatoms. The molecule has 1 N–H and O–H groups in total. The van der Waals surface area contributed by atoms with Gasteiger partial charge < -0.3 is 15.0 Å². The lowest BCUT2D eigenvalue weighted by Crippen LogP contribution is -2.54. The zero-order chi connectivity index (χ0) is 21.8. The molecule has 0 unspecified atom stereocenters. The van der Waals surface area contributed by atoms with Gasteiger partial charge in [-0.1, -0.05) is 41.9 Å². The van der Waals surface area contributed by atoms with Crippen molar-refractivity contribution in [2.24, 2.45) is 0 Å². The molecule has 2 aliphatic rings. The Kier molecular flexibility index (Phi) is 6.58. The molecule has 0 saturated carbocycles. The van der Waals surface area contributed by atoms with Crippen LogP contribution in [0.4, 0.5) is 4.39 Å². The maximum absolute atomic E-state index is 13.9. The Morgan fingerprint density at radius 2 is 1.68 bits per heavy atom. The van der Waals surface area contributed by atoms with Gasteiger partial charge in [0.25, 0.3) is 5.91 Å². The quantitative estimate of drug-likeness (QED) is 0.776. The summed E-state index contributed by atoms with van der Waals surface area (Å²) in [4.78, 5) is 28.0. The van der Waals surface area contributed by atoms with Crippen LogP contribution in [0.3, 0.4) is 0 Å². The smallest absolute Gasteiger partial charge is 0.254 e. The summed E-state index contributed by atoms with van der Waals surface area (Å²) in [5, 5.41) is 3.51. The van der Waals surface area contributed by atoms with Gasteiger partial charge in [0.2, 0.25) is 5.91 Å². The number of amides is 2. The first-order valence-corrected chi connectivity index (χ1v) is 11.1. The number of hydrogen-bond donors (Lipinski definition) is 1. The first kappa shape index (κ1) is 21.8. The van der Waals surface area contributed by atoms with E-state index in [1.807, 2.05) is 29.2 Å². The summed E-state index contributed by atoms with van der Waals surface area (Å²) in [6.45, 7) is 2.11. The minimum absolute atomic E-state index is 0.0425. The van der Waals surface area contributed by atoms with Crippen LogP contribution in [0.15, 0.2) is 48.5 Å². The van der Waals surface area contributed by atoms with Crippen molar-refractivity contribution in [2.45, 2.75) is 37.1 Å². The summed E-state index contributed by atoms with van der Waals surface area (Å²) in [6.07, 6.45) is 2.45. The van der Waals surface area contributed by atoms with E-state index < -0.39 is 17.1 Å². The zero-order valence-electron chi connectivity index (χ0n) is 17.3. The number of benzene rings is 2. The second-order valence-electron chi connectivity index (χ2n) is 8.19. The predicted molar refractivity (Wildman–Crippen MR) is 117 cm³/mol. The zero-order valence-corrected chi connectivity index (χ0v) is 18.0. The lowest BCUT2D eigenvalue weighted by atomic mass is 9.72. The van der Waals surface area contributed by atoms with Crippen LogP contribution in [0.1, 0.15) is 41.6 Å². The fraction of sp³-hybridized carbons (Fsp3) is 0.417. The molecule has 0 radical (unpaired) electrons. The monoisotopic (exact) mass is 444 g/mol. The van der Waals surface area contributed by atoms with Crippen LogP contribution >= 0.6 is 11.6 Å². The van der Waals surface area contributed by atoms with Crippen LogP contribution in [-0.2, 0) is 14.9 Å². The van der Waals surface area contributed by atoms with Crippen molar-refractivity contribution in [1.29, 1.82) is 0 Å². The summed E-state index contributed by atoms with van der Waals surface area (Å²) in [6, 6.07) is 13.4. The number of piperidine rings is 1. The second-order valence-corrected chi connectivity index (χ2v) is 8.60. The van der Waals surface area contributed by atoms with Crippen LogP contribution in [0, 0.1) is 5.82 Å². The lowest BCUT2D eigenvalue weighted by Gasteiger charge is -2.42. The molecular weight excluding hydrogens is 419 g/mol. The Morgan fingerprint density at radius 3 is 2.35 bits per heavy atom. The number of hydrogen-bond acceptors (Lipinski definition) is 3. The fourth-order valence-corrected chi connectivity index (χ4v) is 4.92. The van der Waals surface area contributed by atoms with Gasteiger partial charge in [-0.15, -0.1) is 0 Å². The SMILES string of the molecule is O=C(NC1CCN(C(=O)C2(c3ccccc3Cl)CCOCC2)CC1)c1ccccc1F. The first-order valence-electron chi connectivity index (χ1n) is 10.7. The molecular formula is C24H26ClFN2O3. The number of halogens is 2. The van der Waals surface area contributed by atoms with E-state index in [9.17, 15) is 14.0 Å². The van der Waals surface area contributed by atoms with Crippen molar-refractivity contribution >= 4 is 23.4 Å². The van der Waals surface area contributed by atoms with Crippen molar-refractivity contribution in [1.82, 2.24) is 10.2 Å². The molecule has 31 heavy (non-hydrogen) atoms. The maximum Gasteiger partial charge on any atom is 0.254 e. The van der Waals surface area contributed by atoms with Gasteiger partial charge in [-0.25, -0.2) is 4.39 Å². The predicted octanol–water partition coefficient (Wildman–Crippen LogP) is 3.95. The Bertz CT molecular complexity index is 953. The molecule has 0 aromatic heterocycles. The molecule has 0 spiro atoms. The molecule has 164 valence electrons. The first-order chi connectivity index (χ1) is 15.0. The molecule has 2 aliphatic heterocycles. The highest BCUT2D eigenvalue weighted by Gasteiger charge is 2.45. The van der Waals surface area contributed by atoms with Gasteiger partial charge in [0, 0.05) is 37.4 Å². The van der Waals surface area contributed by atoms with Gasteiger partial charge in [0.1, 0.15) is 5.82 Å². The van der Waals surface area contributed by atoms with Crippen LogP contribution in [-0.4, -0.2) is 49.1 Å². The molecule has 2 amide bonds. The molecule has 0 aliphatic carbocycles. The molecule has 5 nitrogen and oxygen atoms in total. The molecule has 2 aromatic carbocycles. The maximum atomic E-state index is 13.9. The number of carbonyl (C=O) groups is 2. The average Bonchev–Trinajstić information content (AvgIpc) is 2.80. The molecule has 4 rings (SSSR count). The Labute approximate surface area is 186 Å². The molecule has 2 aromatic rings. The highest BCUT2D eigenvalue weighted by molar-refractivity contribution is 6.31. The van der Waals surface area contributed by atoms with Gasteiger partial charge in [-0.3, -0.25) is 9.59 Å². The molecule has 0 bridgehead atoms. The van der Waals surface area contributed by atoms with E-state index in [1.165, 1.54) is 12.1 Å². The van der Waals surface area contributed by atoms with Crippen molar-refractivity contribution in [3.8, 4) is 0 Å². The summed E-state index contributed by atoms with van der Waals surface area (Å²) in [5.41, 5.74) is 0.223. The van der Waals surface area contributed by atoms with E-state index in [1.54, 1.807) is 12.1 Å². The number of nitrogens with zero attached hydrogens (tertiary/aromatic N) is 1. The van der Waals surface area contributed by atoms with Crippen LogP contribution in [0.25, 0.3) is 0 Å². The number of nitrogens with one attached hydrogen (secondary N) is 1. The van der Waals surface area contributed by atoms with E-state index in [2.05, 4.69) is 5.32 Å². The number of likely N-dealkylation sites (tertiary alicyclic amines) is 1. The Morgan fingerprint density at radius 1 is 1.03 bits per heavy atom. The fourth-order valence-electron chi connectivity index (χ4n) is 4.61. The van der Waals surface area contributed by atoms with Crippen LogP contribution < -0.4 is 5.32 Å². The Hall–Kier alpha value is -2.44. The lowest BCUT2D eigenvalue weighted by molar-refractivity contribution is -0.142. The van der Waals surface area contributed by atoms with Crippen LogP contribution in [0.2, 0.25) is 5.02 Å². The highest BCUT2D eigenvalue weighted by Crippen LogP contribution is 2.40. The molecule has 2 fully saturated rings. The third-order valence-corrected chi connectivity index (χ3v) is 6.71. The standard InChI is InChI=1S/C24H26ClFN2O3/c25-20-7-3-2-6-19(20)24(11-15-31-16-12-24)23(30)28-13-9-17(10-14-28)27-22(29)18-5-1-4-8-21(18)26/h1-8,17H,9-16H2,(H,27,29). The van der Waals surface area contributed by atoms with Crippen molar-refractivity contribution in [3.05, 3.63) is 70.5 Å². The van der Waals surface area contributed by atoms with E-state index in [0.29, 0.717) is 57.0 Å². The van der Waals surface area contributed by atoms with E-state index >= 15 is 0 Å². The molecule has 2 heterocycles.